The van der Waals surface area contributed by atoms with E-state index in [4.69, 9.17) is 41.8 Å². The van der Waals surface area contributed by atoms with Crippen LogP contribution in [0, 0.1) is 0 Å². The number of carbonyl (C=O) groups is 1. The van der Waals surface area contributed by atoms with Gasteiger partial charge in [0.05, 0.1) is 41.1 Å². The quantitative estimate of drug-likeness (QED) is 0.234. The molecular weight excluding hydrogens is 587 g/mol. The molecule has 1 unspecified atom stereocenters. The second-order valence-corrected chi connectivity index (χ2v) is 10.8. The molecule has 1 aliphatic heterocycles. The molecule has 5 rings (SSSR count). The maximum Gasteiger partial charge on any atom is 0.338 e. The van der Waals surface area contributed by atoms with Gasteiger partial charge in [-0.2, -0.15) is 0 Å². The number of halogens is 2. The highest BCUT2D eigenvalue weighted by atomic mass is 35.5. The monoisotopic (exact) mass is 612 g/mol. The normalized spacial score (nSPS) is 15.0. The lowest BCUT2D eigenvalue weighted by atomic mass is 9.94. The minimum absolute atomic E-state index is 0.167. The van der Waals surface area contributed by atoms with Gasteiger partial charge in [0.1, 0.15) is 17.6 Å². The van der Waals surface area contributed by atoms with Gasteiger partial charge in [-0.3, -0.25) is 9.36 Å². The standard InChI is InChI=1S/C30H26Cl2N2O6S/c1-5-38-27-19(8-7-9-23(27)37-4)26-25(29(36)39-6-2)16(3)33-30-34(26)28(35)24(41-30)15-18-11-13-22(40-18)20-14-17(31)10-12-21(20)32/h7-15,26H,5-6H2,1-4H3/b24-15-. The van der Waals surface area contributed by atoms with Crippen molar-refractivity contribution in [3.63, 3.8) is 0 Å². The van der Waals surface area contributed by atoms with Crippen molar-refractivity contribution in [2.24, 2.45) is 4.99 Å². The molecule has 11 heteroatoms. The number of methoxy groups -OCH3 is 1. The summed E-state index contributed by atoms with van der Waals surface area (Å²) in [5.41, 5.74) is 1.55. The second-order valence-electron chi connectivity index (χ2n) is 8.94. The Morgan fingerprint density at radius 3 is 2.68 bits per heavy atom. The molecule has 4 aromatic rings. The molecule has 0 fully saturated rings. The number of carbonyl (C=O) groups excluding carboxylic acids is 1. The Morgan fingerprint density at radius 1 is 1.15 bits per heavy atom. The topological polar surface area (TPSA) is 92.3 Å². The number of allylic oxidation sites excluding steroid dienone is 1. The number of furan rings is 1. The zero-order chi connectivity index (χ0) is 29.3. The molecule has 1 atom stereocenters. The third-order valence-corrected chi connectivity index (χ3v) is 7.97. The number of para-hydroxylation sites is 1. The first-order valence-electron chi connectivity index (χ1n) is 12.8. The van der Waals surface area contributed by atoms with E-state index in [9.17, 15) is 9.59 Å². The van der Waals surface area contributed by atoms with Crippen LogP contribution < -0.4 is 24.4 Å². The van der Waals surface area contributed by atoms with Crippen LogP contribution in [0.25, 0.3) is 17.4 Å². The van der Waals surface area contributed by atoms with Crippen molar-refractivity contribution in [1.29, 1.82) is 0 Å². The van der Waals surface area contributed by atoms with Gasteiger partial charge >= 0.3 is 5.97 Å². The third kappa shape index (κ3) is 5.45. The highest BCUT2D eigenvalue weighted by Crippen LogP contribution is 2.41. The molecular formula is C30H26Cl2N2O6S. The predicted octanol–water partition coefficient (Wildman–Crippen LogP) is 5.77. The lowest BCUT2D eigenvalue weighted by Gasteiger charge is -2.26. The minimum atomic E-state index is -0.860. The lowest BCUT2D eigenvalue weighted by molar-refractivity contribution is -0.139. The third-order valence-electron chi connectivity index (χ3n) is 6.42. The van der Waals surface area contributed by atoms with Gasteiger partial charge in [0.15, 0.2) is 16.3 Å². The molecule has 0 amide bonds. The van der Waals surface area contributed by atoms with Crippen LogP contribution in [0.15, 0.2) is 74.0 Å². The smallest absolute Gasteiger partial charge is 0.338 e. The van der Waals surface area contributed by atoms with Crippen LogP contribution in [-0.4, -0.2) is 30.9 Å². The summed E-state index contributed by atoms with van der Waals surface area (Å²) < 4.78 is 24.8. The van der Waals surface area contributed by atoms with Crippen molar-refractivity contribution in [2.45, 2.75) is 26.8 Å². The number of ether oxygens (including phenoxy) is 3. The highest BCUT2D eigenvalue weighted by molar-refractivity contribution is 7.07. The number of aromatic nitrogens is 1. The average Bonchev–Trinajstić information content (AvgIpc) is 3.53. The fourth-order valence-electron chi connectivity index (χ4n) is 4.68. The number of thiazole rings is 1. The van der Waals surface area contributed by atoms with Crippen molar-refractivity contribution in [3.8, 4) is 22.8 Å². The van der Waals surface area contributed by atoms with Gasteiger partial charge in [0, 0.05) is 22.2 Å². The Balaban J connectivity index is 1.70. The van der Waals surface area contributed by atoms with Gasteiger partial charge in [0.25, 0.3) is 5.56 Å². The van der Waals surface area contributed by atoms with Crippen molar-refractivity contribution in [3.05, 3.63) is 101 Å². The Hall–Kier alpha value is -3.79. The summed E-state index contributed by atoms with van der Waals surface area (Å²) in [7, 11) is 1.54. The molecule has 0 saturated carbocycles. The summed E-state index contributed by atoms with van der Waals surface area (Å²) in [4.78, 5) is 32.3. The van der Waals surface area contributed by atoms with Crippen molar-refractivity contribution in [1.82, 2.24) is 4.57 Å². The molecule has 41 heavy (non-hydrogen) atoms. The minimum Gasteiger partial charge on any atom is -0.493 e. The van der Waals surface area contributed by atoms with Crippen LogP contribution in [0.4, 0.5) is 0 Å². The fraction of sp³-hybridized carbons (Fsp3) is 0.233. The van der Waals surface area contributed by atoms with Gasteiger partial charge in [-0.15, -0.1) is 0 Å². The summed E-state index contributed by atoms with van der Waals surface area (Å²) in [5.74, 6) is 1.30. The summed E-state index contributed by atoms with van der Waals surface area (Å²) in [5, 5.41) is 1.01. The number of rotatable bonds is 8. The Kier molecular flexibility index (Phi) is 8.40. The van der Waals surface area contributed by atoms with Gasteiger partial charge in [-0.1, -0.05) is 46.7 Å². The van der Waals surface area contributed by atoms with Crippen molar-refractivity contribution in [2.75, 3.05) is 20.3 Å². The van der Waals surface area contributed by atoms with Crippen LogP contribution in [0.5, 0.6) is 11.5 Å². The summed E-state index contributed by atoms with van der Waals surface area (Å²) in [6, 6.07) is 13.1. The van der Waals surface area contributed by atoms with E-state index < -0.39 is 12.0 Å². The van der Waals surface area contributed by atoms with Crippen molar-refractivity contribution < 1.29 is 23.4 Å². The molecule has 0 N–H and O–H groups in total. The van der Waals surface area contributed by atoms with Crippen LogP contribution in [-0.2, 0) is 9.53 Å². The van der Waals surface area contributed by atoms with Crippen LogP contribution >= 0.6 is 34.5 Å². The van der Waals surface area contributed by atoms with Crippen molar-refractivity contribution >= 4 is 46.6 Å². The number of esters is 1. The highest BCUT2D eigenvalue weighted by Gasteiger charge is 2.36. The molecule has 0 saturated heterocycles. The van der Waals surface area contributed by atoms with Gasteiger partial charge in [-0.05, 0) is 57.2 Å². The van der Waals surface area contributed by atoms with E-state index in [1.54, 1.807) is 68.5 Å². The maximum absolute atomic E-state index is 14.0. The molecule has 0 spiro atoms. The number of hydrogen-bond donors (Lipinski definition) is 0. The summed E-state index contributed by atoms with van der Waals surface area (Å²) in [6.07, 6.45) is 1.64. The second kappa shape index (κ2) is 12.0. The van der Waals surface area contributed by atoms with Crippen LogP contribution in [0.2, 0.25) is 10.0 Å². The predicted molar refractivity (Wildman–Crippen MR) is 159 cm³/mol. The zero-order valence-electron chi connectivity index (χ0n) is 22.7. The molecule has 3 heterocycles. The molecule has 0 radical (unpaired) electrons. The molecule has 2 aromatic carbocycles. The molecule has 0 aliphatic carbocycles. The van der Waals surface area contributed by atoms with Crippen LogP contribution in [0.3, 0.4) is 0 Å². The largest absolute Gasteiger partial charge is 0.493 e. The number of benzene rings is 2. The summed E-state index contributed by atoms with van der Waals surface area (Å²) in [6.45, 7) is 5.82. The number of nitrogens with zero attached hydrogens (tertiary/aromatic N) is 2. The zero-order valence-corrected chi connectivity index (χ0v) is 25.0. The Labute approximate surface area is 249 Å². The first-order valence-corrected chi connectivity index (χ1v) is 14.4. The molecule has 8 nitrogen and oxygen atoms in total. The molecule has 2 aromatic heterocycles. The first-order chi connectivity index (χ1) is 19.8. The summed E-state index contributed by atoms with van der Waals surface area (Å²) >= 11 is 13.7. The number of hydrogen-bond acceptors (Lipinski definition) is 8. The van der Waals surface area contributed by atoms with E-state index in [-0.39, 0.29) is 17.7 Å². The van der Waals surface area contributed by atoms with E-state index in [0.717, 1.165) is 0 Å². The van der Waals surface area contributed by atoms with E-state index in [0.29, 0.717) is 65.8 Å². The van der Waals surface area contributed by atoms with E-state index in [1.165, 1.54) is 23.0 Å². The van der Waals surface area contributed by atoms with E-state index in [1.807, 2.05) is 6.92 Å². The van der Waals surface area contributed by atoms with E-state index in [2.05, 4.69) is 4.99 Å². The lowest BCUT2D eigenvalue weighted by Crippen LogP contribution is -2.40. The molecule has 1 aliphatic rings. The van der Waals surface area contributed by atoms with Gasteiger partial charge in [-0.25, -0.2) is 9.79 Å². The molecule has 212 valence electrons. The molecule has 0 bridgehead atoms. The Morgan fingerprint density at radius 2 is 1.95 bits per heavy atom. The average molecular weight is 614 g/mol. The Bertz CT molecular complexity index is 1850. The maximum atomic E-state index is 14.0. The first kappa shape index (κ1) is 28.7. The SMILES string of the molecule is CCOC(=O)C1=C(C)N=c2s/c(=C\c3ccc(-c4cc(Cl)ccc4Cl)o3)c(=O)n2C1c1cccc(OC)c1OCC. The fourth-order valence-corrected chi connectivity index (χ4v) is 6.09. The van der Waals surface area contributed by atoms with E-state index >= 15 is 0 Å². The van der Waals surface area contributed by atoms with Gasteiger partial charge < -0.3 is 18.6 Å². The number of fused-ring (bicyclic) bond motifs is 1. The van der Waals surface area contributed by atoms with Gasteiger partial charge in [0.2, 0.25) is 0 Å². The van der Waals surface area contributed by atoms with Crippen LogP contribution in [0.1, 0.15) is 38.1 Å².